The van der Waals surface area contributed by atoms with E-state index in [0.717, 1.165) is 5.56 Å². The summed E-state index contributed by atoms with van der Waals surface area (Å²) in [7, 11) is 0. The van der Waals surface area contributed by atoms with Gasteiger partial charge in [0.1, 0.15) is 25.1 Å². The van der Waals surface area contributed by atoms with Crippen LogP contribution in [0.1, 0.15) is 31.1 Å². The number of nitro groups is 1. The Morgan fingerprint density at radius 1 is 1.23 bits per heavy atom. The lowest BCUT2D eigenvalue weighted by molar-refractivity contribution is -0.385. The monoisotopic (exact) mass is 354 g/mol. The maximum Gasteiger partial charge on any atom is 0.305 e. The highest BCUT2D eigenvalue weighted by Crippen LogP contribution is 2.35. The van der Waals surface area contributed by atoms with Crippen molar-refractivity contribution in [3.05, 3.63) is 51.7 Å². The van der Waals surface area contributed by atoms with Crippen LogP contribution in [-0.4, -0.2) is 23.1 Å². The zero-order chi connectivity index (χ0) is 18.7. The number of ether oxygens (including phenoxy) is 2. The number of nitrogens with zero attached hydrogens (tertiary/aromatic N) is 3. The molecule has 1 N–H and O–H groups in total. The van der Waals surface area contributed by atoms with Gasteiger partial charge in [0.2, 0.25) is 5.69 Å². The van der Waals surface area contributed by atoms with E-state index < -0.39 is 4.92 Å². The zero-order valence-electron chi connectivity index (χ0n) is 14.4. The average Bonchev–Trinajstić information content (AvgIpc) is 2.65. The number of pyridine rings is 1. The Hall–Kier alpha value is -3.34. The number of rotatable bonds is 5. The van der Waals surface area contributed by atoms with Crippen molar-refractivity contribution in [2.75, 3.05) is 18.5 Å². The summed E-state index contributed by atoms with van der Waals surface area (Å²) in [6, 6.07) is 10.2. The molecule has 8 heteroatoms. The lowest BCUT2D eigenvalue weighted by Crippen LogP contribution is -2.19. The molecule has 0 saturated heterocycles. The van der Waals surface area contributed by atoms with Crippen LogP contribution in [0.5, 0.6) is 11.5 Å². The summed E-state index contributed by atoms with van der Waals surface area (Å²) in [4.78, 5) is 14.4. The highest BCUT2D eigenvalue weighted by Gasteiger charge is 2.22. The first-order valence-electron chi connectivity index (χ1n) is 8.21. The van der Waals surface area contributed by atoms with Crippen molar-refractivity contribution in [2.45, 2.75) is 19.9 Å². The molecule has 0 amide bonds. The highest BCUT2D eigenvalue weighted by molar-refractivity contribution is 5.52. The van der Waals surface area contributed by atoms with Crippen molar-refractivity contribution < 1.29 is 14.4 Å². The summed E-state index contributed by atoms with van der Waals surface area (Å²) in [6.45, 7) is 5.13. The molecule has 0 radical (unpaired) electrons. The molecule has 0 spiro atoms. The molecule has 0 saturated carbocycles. The third-order valence-electron chi connectivity index (χ3n) is 4.07. The first-order chi connectivity index (χ1) is 12.5. The van der Waals surface area contributed by atoms with Gasteiger partial charge in [0.05, 0.1) is 11.0 Å². The van der Waals surface area contributed by atoms with E-state index in [1.54, 1.807) is 6.07 Å². The number of nitriles is 1. The van der Waals surface area contributed by atoms with Crippen LogP contribution < -0.4 is 14.8 Å². The Labute approximate surface area is 150 Å². The number of fused-ring (bicyclic) bond motifs is 1. The largest absolute Gasteiger partial charge is 0.486 e. The topological polar surface area (TPSA) is 110 Å². The summed E-state index contributed by atoms with van der Waals surface area (Å²) >= 11 is 0. The molecule has 2 aromatic rings. The van der Waals surface area contributed by atoms with E-state index in [0.29, 0.717) is 30.5 Å². The van der Waals surface area contributed by atoms with Gasteiger partial charge in [-0.2, -0.15) is 5.26 Å². The Kier molecular flexibility index (Phi) is 4.89. The van der Waals surface area contributed by atoms with E-state index in [2.05, 4.69) is 10.3 Å². The van der Waals surface area contributed by atoms with Gasteiger partial charge >= 0.3 is 5.69 Å². The quantitative estimate of drug-likeness (QED) is 0.647. The summed E-state index contributed by atoms with van der Waals surface area (Å²) in [5, 5.41) is 23.3. The van der Waals surface area contributed by atoms with Crippen LogP contribution in [-0.2, 0) is 0 Å². The highest BCUT2D eigenvalue weighted by atomic mass is 16.6. The lowest BCUT2D eigenvalue weighted by atomic mass is 9.95. The molecule has 2 heterocycles. The number of benzene rings is 1. The number of nitrogens with one attached hydrogen (secondary N) is 1. The predicted octanol–water partition coefficient (Wildman–Crippen LogP) is 3.44. The summed E-state index contributed by atoms with van der Waals surface area (Å²) in [6.07, 6.45) is 0. The van der Waals surface area contributed by atoms with Gasteiger partial charge in [0, 0.05) is 6.07 Å². The van der Waals surface area contributed by atoms with Crippen LogP contribution >= 0.6 is 0 Å². The summed E-state index contributed by atoms with van der Waals surface area (Å²) < 4.78 is 11.2. The van der Waals surface area contributed by atoms with Crippen LogP contribution in [0.4, 0.5) is 11.5 Å². The van der Waals surface area contributed by atoms with Gasteiger partial charge in [-0.1, -0.05) is 19.9 Å². The van der Waals surface area contributed by atoms with E-state index in [1.165, 1.54) is 12.1 Å². The van der Waals surface area contributed by atoms with Crippen LogP contribution in [0.15, 0.2) is 30.3 Å². The zero-order valence-corrected chi connectivity index (χ0v) is 14.4. The lowest BCUT2D eigenvalue weighted by Gasteiger charge is -2.26. The standard InChI is InChI=1S/C18H18N4O4/c1-11(2)18(12-3-5-15-16(9-12)26-8-7-25-15)21-17-6-4-14(22(23)24)13(10-19)20-17/h3-6,9,11,18H,7-8H2,1-2H3,(H,20,21). The number of hydrogen-bond acceptors (Lipinski definition) is 7. The first kappa shape index (κ1) is 17.5. The molecule has 1 unspecified atom stereocenters. The van der Waals surface area contributed by atoms with Gasteiger partial charge in [-0.25, -0.2) is 4.98 Å². The molecule has 0 bridgehead atoms. The average molecular weight is 354 g/mol. The molecule has 1 aliphatic rings. The Morgan fingerprint density at radius 3 is 2.62 bits per heavy atom. The predicted molar refractivity (Wildman–Crippen MR) is 94.2 cm³/mol. The fourth-order valence-corrected chi connectivity index (χ4v) is 2.81. The molecule has 8 nitrogen and oxygen atoms in total. The summed E-state index contributed by atoms with van der Waals surface area (Å²) in [5.74, 6) is 2.00. The van der Waals surface area contributed by atoms with E-state index in [-0.39, 0.29) is 23.3 Å². The third-order valence-corrected chi connectivity index (χ3v) is 4.07. The van der Waals surface area contributed by atoms with E-state index in [4.69, 9.17) is 14.7 Å². The third kappa shape index (κ3) is 3.52. The number of hydrogen-bond donors (Lipinski definition) is 1. The van der Waals surface area contributed by atoms with Gasteiger partial charge in [0.25, 0.3) is 0 Å². The molecule has 0 fully saturated rings. The van der Waals surface area contributed by atoms with Crippen molar-refractivity contribution >= 4 is 11.5 Å². The molecule has 1 aromatic heterocycles. The molecule has 0 aliphatic carbocycles. The SMILES string of the molecule is CC(C)C(Nc1ccc([N+](=O)[O-])c(C#N)n1)c1ccc2c(c1)OCCO2. The van der Waals surface area contributed by atoms with Gasteiger partial charge in [-0.05, 0) is 29.7 Å². The van der Waals surface area contributed by atoms with Crippen molar-refractivity contribution in [1.29, 1.82) is 5.26 Å². The molecule has 3 rings (SSSR count). The second kappa shape index (κ2) is 7.27. The first-order valence-corrected chi connectivity index (χ1v) is 8.21. The van der Waals surface area contributed by atoms with E-state index >= 15 is 0 Å². The maximum absolute atomic E-state index is 10.9. The minimum absolute atomic E-state index is 0.119. The van der Waals surface area contributed by atoms with Crippen LogP contribution in [0.25, 0.3) is 0 Å². The minimum atomic E-state index is -0.615. The van der Waals surface area contributed by atoms with Crippen molar-refractivity contribution in [3.63, 3.8) is 0 Å². The Bertz CT molecular complexity index is 876. The van der Waals surface area contributed by atoms with Crippen molar-refractivity contribution in [2.24, 2.45) is 5.92 Å². The second-order valence-corrected chi connectivity index (χ2v) is 6.20. The molecular formula is C18H18N4O4. The van der Waals surface area contributed by atoms with Crippen molar-refractivity contribution in [3.8, 4) is 17.6 Å². The number of anilines is 1. The minimum Gasteiger partial charge on any atom is -0.486 e. The Morgan fingerprint density at radius 2 is 1.96 bits per heavy atom. The summed E-state index contributed by atoms with van der Waals surface area (Å²) in [5.41, 5.74) is 0.450. The molecule has 1 atom stereocenters. The molecular weight excluding hydrogens is 336 g/mol. The molecule has 1 aromatic carbocycles. The van der Waals surface area contributed by atoms with Gasteiger partial charge in [-0.3, -0.25) is 10.1 Å². The molecule has 1 aliphatic heterocycles. The molecule has 26 heavy (non-hydrogen) atoms. The van der Waals surface area contributed by atoms with Gasteiger partial charge in [0.15, 0.2) is 11.5 Å². The van der Waals surface area contributed by atoms with Crippen LogP contribution in [0.3, 0.4) is 0 Å². The second-order valence-electron chi connectivity index (χ2n) is 6.20. The van der Waals surface area contributed by atoms with Gasteiger partial charge in [-0.15, -0.1) is 0 Å². The smallest absolute Gasteiger partial charge is 0.305 e. The van der Waals surface area contributed by atoms with Crippen molar-refractivity contribution in [1.82, 2.24) is 4.98 Å². The van der Waals surface area contributed by atoms with E-state index in [1.807, 2.05) is 32.0 Å². The molecule has 134 valence electrons. The van der Waals surface area contributed by atoms with Crippen LogP contribution in [0.2, 0.25) is 0 Å². The van der Waals surface area contributed by atoms with E-state index in [9.17, 15) is 10.1 Å². The fourth-order valence-electron chi connectivity index (χ4n) is 2.81. The van der Waals surface area contributed by atoms with Crippen LogP contribution in [0, 0.1) is 27.4 Å². The maximum atomic E-state index is 10.9. The van der Waals surface area contributed by atoms with Gasteiger partial charge < -0.3 is 14.8 Å². The number of aromatic nitrogens is 1. The fraction of sp³-hybridized carbons (Fsp3) is 0.333. The normalized spacial score (nSPS) is 13.8. The Balaban J connectivity index is 1.90.